The van der Waals surface area contributed by atoms with Crippen molar-refractivity contribution in [2.24, 2.45) is 5.10 Å². The van der Waals surface area contributed by atoms with E-state index in [2.05, 4.69) is 10.5 Å². The van der Waals surface area contributed by atoms with Crippen LogP contribution in [0.3, 0.4) is 0 Å². The third-order valence-corrected chi connectivity index (χ3v) is 2.75. The predicted molar refractivity (Wildman–Crippen MR) is 79.3 cm³/mol. The molecule has 0 aliphatic heterocycles. The van der Waals surface area contributed by atoms with Crippen molar-refractivity contribution in [3.63, 3.8) is 0 Å². The lowest BCUT2D eigenvalue weighted by atomic mass is 10.2. The summed E-state index contributed by atoms with van der Waals surface area (Å²) >= 11 is 0. The average molecular weight is 271 g/mol. The molecular weight excluding hydrogens is 254 g/mol. The second-order valence-corrected chi connectivity index (χ2v) is 4.60. The highest BCUT2D eigenvalue weighted by molar-refractivity contribution is 5.92. The third-order valence-electron chi connectivity index (χ3n) is 2.75. The molecule has 1 N–H and O–H groups in total. The summed E-state index contributed by atoms with van der Waals surface area (Å²) in [6.45, 7) is 1.78. The number of nitrogens with zero attached hydrogens (tertiary/aromatic N) is 2. The molecule has 0 radical (unpaired) electrons. The molecule has 0 saturated heterocycles. The molecule has 5 nitrogen and oxygen atoms in total. The molecule has 2 aromatic rings. The van der Waals surface area contributed by atoms with Crippen molar-refractivity contribution < 1.29 is 9.21 Å². The second kappa shape index (κ2) is 6.06. The lowest BCUT2D eigenvalue weighted by Gasteiger charge is -2.11. The number of aryl methyl sites for hydroxylation is 1. The number of carbonyl (C=O) groups excluding carboxylic acids is 1. The van der Waals surface area contributed by atoms with E-state index in [1.54, 1.807) is 25.3 Å². The fourth-order valence-corrected chi connectivity index (χ4v) is 1.64. The minimum absolute atomic E-state index is 0.252. The van der Waals surface area contributed by atoms with Gasteiger partial charge in [-0.2, -0.15) is 5.10 Å². The molecule has 0 unspecified atom stereocenters. The van der Waals surface area contributed by atoms with Crippen LogP contribution in [0.4, 0.5) is 5.69 Å². The Morgan fingerprint density at radius 2 is 1.90 bits per heavy atom. The number of furan rings is 1. The van der Waals surface area contributed by atoms with Gasteiger partial charge in [0.1, 0.15) is 5.76 Å². The van der Waals surface area contributed by atoms with Crippen molar-refractivity contribution >= 4 is 17.8 Å². The molecule has 0 saturated carbocycles. The van der Waals surface area contributed by atoms with Crippen LogP contribution in [0.1, 0.15) is 21.9 Å². The van der Waals surface area contributed by atoms with Crippen molar-refractivity contribution in [2.45, 2.75) is 6.92 Å². The van der Waals surface area contributed by atoms with Crippen molar-refractivity contribution in [1.29, 1.82) is 0 Å². The Morgan fingerprint density at radius 3 is 2.45 bits per heavy atom. The van der Waals surface area contributed by atoms with Crippen LogP contribution in [0.15, 0.2) is 45.9 Å². The zero-order valence-corrected chi connectivity index (χ0v) is 11.8. The lowest BCUT2D eigenvalue weighted by Crippen LogP contribution is -2.16. The van der Waals surface area contributed by atoms with E-state index >= 15 is 0 Å². The normalized spacial score (nSPS) is 10.8. The van der Waals surface area contributed by atoms with Crippen LogP contribution < -0.4 is 10.3 Å². The Hall–Kier alpha value is -2.56. The molecule has 0 fully saturated rings. The van der Waals surface area contributed by atoms with Crippen LogP contribution in [0, 0.1) is 6.92 Å². The van der Waals surface area contributed by atoms with Crippen molar-refractivity contribution in [3.05, 3.63) is 53.5 Å². The Labute approximate surface area is 117 Å². The fraction of sp³-hybridized carbons (Fsp3) is 0.200. The van der Waals surface area contributed by atoms with Gasteiger partial charge in [-0.3, -0.25) is 4.79 Å². The highest BCUT2D eigenvalue weighted by Crippen LogP contribution is 2.11. The van der Waals surface area contributed by atoms with Gasteiger partial charge in [-0.1, -0.05) is 12.1 Å². The minimum Gasteiger partial charge on any atom is -0.456 e. The molecule has 0 bridgehead atoms. The third kappa shape index (κ3) is 3.47. The number of hydrogen-bond acceptors (Lipinski definition) is 4. The fourth-order valence-electron chi connectivity index (χ4n) is 1.64. The highest BCUT2D eigenvalue weighted by Gasteiger charge is 2.07. The quantitative estimate of drug-likeness (QED) is 0.686. The van der Waals surface area contributed by atoms with E-state index in [1.807, 2.05) is 43.3 Å². The number of amides is 1. The zero-order valence-electron chi connectivity index (χ0n) is 11.8. The molecule has 2 rings (SSSR count). The molecule has 0 spiro atoms. The Bertz CT molecular complexity index is 612. The SMILES string of the molecule is Cc1ccc(C(=O)NN=Cc2ccc(N(C)C)cc2)o1. The summed E-state index contributed by atoms with van der Waals surface area (Å²) in [6, 6.07) is 11.2. The molecule has 1 aromatic carbocycles. The lowest BCUT2D eigenvalue weighted by molar-refractivity contribution is 0.0926. The first kappa shape index (κ1) is 13.9. The number of benzene rings is 1. The summed E-state index contributed by atoms with van der Waals surface area (Å²) < 4.78 is 5.20. The molecule has 20 heavy (non-hydrogen) atoms. The van der Waals surface area contributed by atoms with E-state index in [9.17, 15) is 4.79 Å². The van der Waals surface area contributed by atoms with E-state index in [4.69, 9.17) is 4.42 Å². The van der Waals surface area contributed by atoms with E-state index < -0.39 is 0 Å². The summed E-state index contributed by atoms with van der Waals surface area (Å²) in [6.07, 6.45) is 1.59. The zero-order chi connectivity index (χ0) is 14.5. The maximum Gasteiger partial charge on any atom is 0.307 e. The van der Waals surface area contributed by atoms with E-state index in [0.29, 0.717) is 5.76 Å². The Kier molecular flexibility index (Phi) is 4.20. The smallest absolute Gasteiger partial charge is 0.307 e. The monoisotopic (exact) mass is 271 g/mol. The molecule has 0 aliphatic carbocycles. The van der Waals surface area contributed by atoms with Crippen molar-refractivity contribution in [2.75, 3.05) is 19.0 Å². The van der Waals surface area contributed by atoms with Gasteiger partial charge in [-0.25, -0.2) is 5.43 Å². The first-order valence-corrected chi connectivity index (χ1v) is 6.23. The largest absolute Gasteiger partial charge is 0.456 e. The van der Waals surface area contributed by atoms with Gasteiger partial charge < -0.3 is 9.32 Å². The van der Waals surface area contributed by atoms with Crippen LogP contribution in [-0.2, 0) is 0 Å². The molecule has 5 heteroatoms. The summed E-state index contributed by atoms with van der Waals surface area (Å²) in [7, 11) is 3.96. The number of carbonyl (C=O) groups is 1. The Morgan fingerprint density at radius 1 is 1.20 bits per heavy atom. The average Bonchev–Trinajstić information content (AvgIpc) is 2.86. The molecular formula is C15H17N3O2. The van der Waals surface area contributed by atoms with E-state index in [0.717, 1.165) is 11.3 Å². The molecule has 0 atom stereocenters. The molecule has 0 aliphatic rings. The first-order valence-electron chi connectivity index (χ1n) is 6.23. The maximum absolute atomic E-state index is 11.7. The number of hydrazone groups is 1. The summed E-state index contributed by atoms with van der Waals surface area (Å²) in [5.74, 6) is 0.584. The number of hydrogen-bond donors (Lipinski definition) is 1. The van der Waals surface area contributed by atoms with Crippen LogP contribution in [0.2, 0.25) is 0 Å². The maximum atomic E-state index is 11.7. The number of nitrogens with one attached hydrogen (secondary N) is 1. The number of anilines is 1. The van der Waals surface area contributed by atoms with Gasteiger partial charge >= 0.3 is 5.91 Å². The van der Waals surface area contributed by atoms with Gasteiger partial charge in [0.25, 0.3) is 0 Å². The summed E-state index contributed by atoms with van der Waals surface area (Å²) in [4.78, 5) is 13.7. The standard InChI is InChI=1S/C15H17N3O2/c1-11-4-9-14(20-11)15(19)17-16-10-12-5-7-13(8-6-12)18(2)3/h4-10H,1-3H3,(H,17,19). The van der Waals surface area contributed by atoms with Gasteiger partial charge in [-0.05, 0) is 36.8 Å². The van der Waals surface area contributed by atoms with Crippen molar-refractivity contribution in [1.82, 2.24) is 5.43 Å². The van der Waals surface area contributed by atoms with E-state index in [1.165, 1.54) is 0 Å². The van der Waals surface area contributed by atoms with Gasteiger partial charge in [0.15, 0.2) is 5.76 Å². The van der Waals surface area contributed by atoms with Crippen LogP contribution in [-0.4, -0.2) is 26.2 Å². The second-order valence-electron chi connectivity index (χ2n) is 4.60. The molecule has 1 aromatic heterocycles. The van der Waals surface area contributed by atoms with E-state index in [-0.39, 0.29) is 11.7 Å². The number of rotatable bonds is 4. The summed E-state index contributed by atoms with van der Waals surface area (Å²) in [5.41, 5.74) is 4.44. The molecule has 1 amide bonds. The molecule has 1 heterocycles. The predicted octanol–water partition coefficient (Wildman–Crippen LogP) is 2.42. The van der Waals surface area contributed by atoms with Gasteiger partial charge in [0.2, 0.25) is 0 Å². The highest BCUT2D eigenvalue weighted by atomic mass is 16.3. The van der Waals surface area contributed by atoms with Gasteiger partial charge in [0, 0.05) is 19.8 Å². The Balaban J connectivity index is 1.94. The van der Waals surface area contributed by atoms with Crippen molar-refractivity contribution in [3.8, 4) is 0 Å². The molecule has 104 valence electrons. The topological polar surface area (TPSA) is 57.8 Å². The minimum atomic E-state index is -0.362. The van der Waals surface area contributed by atoms with Gasteiger partial charge in [-0.15, -0.1) is 0 Å². The summed E-state index contributed by atoms with van der Waals surface area (Å²) in [5, 5.41) is 3.90. The van der Waals surface area contributed by atoms with Crippen LogP contribution in [0.5, 0.6) is 0 Å². The van der Waals surface area contributed by atoms with Gasteiger partial charge in [0.05, 0.1) is 6.21 Å². The van der Waals surface area contributed by atoms with Crippen LogP contribution >= 0.6 is 0 Å². The van der Waals surface area contributed by atoms with Crippen LogP contribution in [0.25, 0.3) is 0 Å². The first-order chi connectivity index (χ1) is 9.56.